The molecule has 1 atom stereocenters. The normalized spacial score (nSPS) is 15.8. The van der Waals surface area contributed by atoms with Crippen LogP contribution >= 0.6 is 0 Å². The third kappa shape index (κ3) is 6.38. The van der Waals surface area contributed by atoms with Gasteiger partial charge in [0.25, 0.3) is 0 Å². The molecule has 1 fully saturated rings. The topological polar surface area (TPSA) is 104 Å². The highest BCUT2D eigenvalue weighted by molar-refractivity contribution is 6.04. The zero-order valence-electron chi connectivity index (χ0n) is 21.4. The maximum Gasteiger partial charge on any atom is 0.410 e. The molecule has 10 heteroatoms. The van der Waals surface area contributed by atoms with E-state index in [4.69, 9.17) is 23.7 Å². The molecule has 1 aliphatic heterocycles. The fourth-order valence-corrected chi connectivity index (χ4v) is 3.74. The zero-order chi connectivity index (χ0) is 26.5. The van der Waals surface area contributed by atoms with Gasteiger partial charge in [-0.25, -0.2) is 9.59 Å². The smallest absolute Gasteiger partial charge is 0.410 e. The van der Waals surface area contributed by atoms with E-state index in [0.717, 1.165) is 5.56 Å². The van der Waals surface area contributed by atoms with Crippen molar-refractivity contribution in [2.45, 2.75) is 39.0 Å². The van der Waals surface area contributed by atoms with Gasteiger partial charge in [0.1, 0.15) is 36.0 Å². The van der Waals surface area contributed by atoms with E-state index in [1.165, 1.54) is 16.9 Å². The van der Waals surface area contributed by atoms with Gasteiger partial charge >= 0.3 is 12.1 Å². The molecule has 0 spiro atoms. The van der Waals surface area contributed by atoms with Crippen molar-refractivity contribution in [1.82, 2.24) is 4.90 Å². The number of rotatable bonds is 7. The first kappa shape index (κ1) is 26.7. The van der Waals surface area contributed by atoms with Gasteiger partial charge in [-0.1, -0.05) is 12.1 Å². The summed E-state index contributed by atoms with van der Waals surface area (Å²) in [5, 5.41) is 0. The van der Waals surface area contributed by atoms with Gasteiger partial charge in [-0.05, 0) is 50.6 Å². The van der Waals surface area contributed by atoms with Gasteiger partial charge in [0.15, 0.2) is 6.04 Å². The Bertz CT molecular complexity index is 1090. The molecule has 2 aromatic rings. The molecule has 0 aromatic heterocycles. The molecule has 2 aromatic carbocycles. The Balaban J connectivity index is 1.88. The van der Waals surface area contributed by atoms with Gasteiger partial charge < -0.3 is 23.7 Å². The average Bonchev–Trinajstić information content (AvgIpc) is 2.85. The molecule has 1 unspecified atom stereocenters. The average molecular weight is 501 g/mol. The molecule has 0 radical (unpaired) electrons. The second-order valence-electron chi connectivity index (χ2n) is 9.14. The van der Waals surface area contributed by atoms with Gasteiger partial charge in [-0.15, -0.1) is 0 Å². The number of carbonyl (C=O) groups is 3. The van der Waals surface area contributed by atoms with Crippen LogP contribution in [0.2, 0.25) is 0 Å². The Morgan fingerprint density at radius 3 is 2.22 bits per heavy atom. The lowest BCUT2D eigenvalue weighted by Crippen LogP contribution is -2.61. The third-order valence-electron chi connectivity index (χ3n) is 5.36. The lowest BCUT2D eigenvalue weighted by atomic mass is 10.1. The summed E-state index contributed by atoms with van der Waals surface area (Å²) in [5.41, 5.74) is 0.421. The van der Waals surface area contributed by atoms with E-state index in [0.29, 0.717) is 22.9 Å². The Kier molecular flexibility index (Phi) is 8.29. The van der Waals surface area contributed by atoms with Crippen molar-refractivity contribution in [2.24, 2.45) is 0 Å². The van der Waals surface area contributed by atoms with E-state index in [-0.39, 0.29) is 19.7 Å². The number of nitrogens with zero attached hydrogens (tertiary/aromatic N) is 2. The fourth-order valence-electron chi connectivity index (χ4n) is 3.74. The Morgan fingerprint density at radius 2 is 1.64 bits per heavy atom. The number of para-hydroxylation sites is 2. The molecule has 10 nitrogen and oxygen atoms in total. The Labute approximate surface area is 210 Å². The molecule has 2 amide bonds. The predicted octanol–water partition coefficient (Wildman–Crippen LogP) is 3.41. The van der Waals surface area contributed by atoms with E-state index < -0.39 is 29.6 Å². The standard InChI is InChI=1S/C26H32N2O8/c1-26(2,3)36-25(31)27-14-21(24(30)34-6)28(23(29)15-27)20-9-7-8-10-22(20)35-16-17-11-18(32-4)13-19(12-17)33-5/h7-13,21H,14-16H2,1-6H3. The van der Waals surface area contributed by atoms with Crippen LogP contribution in [0.3, 0.4) is 0 Å². The van der Waals surface area contributed by atoms with Crippen molar-refractivity contribution in [2.75, 3.05) is 39.3 Å². The summed E-state index contributed by atoms with van der Waals surface area (Å²) in [6.45, 7) is 4.99. The molecule has 0 aliphatic carbocycles. The first-order chi connectivity index (χ1) is 17.1. The second kappa shape index (κ2) is 11.2. The van der Waals surface area contributed by atoms with Crippen molar-refractivity contribution in [3.8, 4) is 17.2 Å². The molecule has 194 valence electrons. The van der Waals surface area contributed by atoms with Gasteiger partial charge in [-0.3, -0.25) is 14.6 Å². The van der Waals surface area contributed by atoms with Crippen LogP contribution in [0.25, 0.3) is 0 Å². The number of anilines is 1. The Morgan fingerprint density at radius 1 is 1.00 bits per heavy atom. The summed E-state index contributed by atoms with van der Waals surface area (Å²) in [4.78, 5) is 41.1. The predicted molar refractivity (Wildman–Crippen MR) is 131 cm³/mol. The largest absolute Gasteiger partial charge is 0.497 e. The lowest BCUT2D eigenvalue weighted by molar-refractivity contribution is -0.145. The molecule has 0 bridgehead atoms. The molecule has 0 N–H and O–H groups in total. The van der Waals surface area contributed by atoms with E-state index in [1.54, 1.807) is 65.3 Å². The van der Waals surface area contributed by atoms with Crippen LogP contribution < -0.4 is 19.1 Å². The van der Waals surface area contributed by atoms with E-state index in [9.17, 15) is 14.4 Å². The van der Waals surface area contributed by atoms with Crippen molar-refractivity contribution < 1.29 is 38.1 Å². The highest BCUT2D eigenvalue weighted by Crippen LogP contribution is 2.33. The van der Waals surface area contributed by atoms with Gasteiger partial charge in [0, 0.05) is 6.07 Å². The number of carbonyl (C=O) groups excluding carboxylic acids is 3. The summed E-state index contributed by atoms with van der Waals surface area (Å²) in [7, 11) is 4.35. The maximum atomic E-state index is 13.3. The number of amides is 2. The molecular weight excluding hydrogens is 468 g/mol. The van der Waals surface area contributed by atoms with Crippen LogP contribution in [-0.2, 0) is 25.7 Å². The first-order valence-corrected chi connectivity index (χ1v) is 11.4. The minimum atomic E-state index is -1.08. The minimum absolute atomic E-state index is 0.0885. The lowest BCUT2D eigenvalue weighted by Gasteiger charge is -2.40. The molecule has 1 heterocycles. The molecule has 1 saturated heterocycles. The van der Waals surface area contributed by atoms with Crippen LogP contribution in [0, 0.1) is 0 Å². The summed E-state index contributed by atoms with van der Waals surface area (Å²) in [6.07, 6.45) is -0.680. The first-order valence-electron chi connectivity index (χ1n) is 11.4. The van der Waals surface area contributed by atoms with E-state index in [1.807, 2.05) is 12.1 Å². The fraction of sp³-hybridized carbons (Fsp3) is 0.423. The zero-order valence-corrected chi connectivity index (χ0v) is 21.4. The van der Waals surface area contributed by atoms with E-state index in [2.05, 4.69) is 0 Å². The summed E-state index contributed by atoms with van der Waals surface area (Å²) in [6, 6.07) is 11.2. The van der Waals surface area contributed by atoms with Crippen molar-refractivity contribution >= 4 is 23.7 Å². The number of hydrogen-bond donors (Lipinski definition) is 0. The van der Waals surface area contributed by atoms with Crippen molar-refractivity contribution in [3.05, 3.63) is 48.0 Å². The second-order valence-corrected chi connectivity index (χ2v) is 9.14. The van der Waals surface area contributed by atoms with Gasteiger partial charge in [0.2, 0.25) is 5.91 Å². The number of benzene rings is 2. The molecule has 0 saturated carbocycles. The van der Waals surface area contributed by atoms with Crippen LogP contribution in [0.5, 0.6) is 17.2 Å². The SMILES string of the molecule is COC(=O)C1CN(C(=O)OC(C)(C)C)CC(=O)N1c1ccccc1OCc1cc(OC)cc(OC)c1. The monoisotopic (exact) mass is 500 g/mol. The summed E-state index contributed by atoms with van der Waals surface area (Å²) < 4.78 is 27.0. The van der Waals surface area contributed by atoms with Crippen LogP contribution in [-0.4, -0.2) is 68.9 Å². The van der Waals surface area contributed by atoms with Gasteiger partial charge in [-0.2, -0.15) is 0 Å². The number of piperazine rings is 1. The maximum absolute atomic E-state index is 13.3. The number of ether oxygens (including phenoxy) is 5. The van der Waals surface area contributed by atoms with Gasteiger partial charge in [0.05, 0.1) is 33.6 Å². The summed E-state index contributed by atoms with van der Waals surface area (Å²) >= 11 is 0. The quantitative estimate of drug-likeness (QED) is 0.533. The minimum Gasteiger partial charge on any atom is -0.497 e. The van der Waals surface area contributed by atoms with E-state index >= 15 is 0 Å². The van der Waals surface area contributed by atoms with Crippen LogP contribution in [0.4, 0.5) is 10.5 Å². The van der Waals surface area contributed by atoms with Crippen LogP contribution in [0.15, 0.2) is 42.5 Å². The molecule has 1 aliphatic rings. The van der Waals surface area contributed by atoms with Crippen molar-refractivity contribution in [3.63, 3.8) is 0 Å². The van der Waals surface area contributed by atoms with Crippen molar-refractivity contribution in [1.29, 1.82) is 0 Å². The third-order valence-corrected chi connectivity index (χ3v) is 5.36. The Hall–Kier alpha value is -3.95. The number of hydrogen-bond acceptors (Lipinski definition) is 8. The highest BCUT2D eigenvalue weighted by Gasteiger charge is 2.42. The number of methoxy groups -OCH3 is 3. The number of esters is 1. The molecule has 3 rings (SSSR count). The highest BCUT2D eigenvalue weighted by atomic mass is 16.6. The summed E-state index contributed by atoms with van der Waals surface area (Å²) in [5.74, 6) is 0.471. The molecule has 36 heavy (non-hydrogen) atoms. The van der Waals surface area contributed by atoms with Crippen LogP contribution in [0.1, 0.15) is 26.3 Å². The molecular formula is C26H32N2O8.